The molecule has 2 amide bonds. The van der Waals surface area contributed by atoms with E-state index in [2.05, 4.69) is 60.1 Å². The van der Waals surface area contributed by atoms with Gasteiger partial charge in [0, 0.05) is 66.9 Å². The van der Waals surface area contributed by atoms with Crippen LogP contribution in [0.15, 0.2) is 42.7 Å². The number of nitriles is 1. The van der Waals surface area contributed by atoms with Crippen LogP contribution in [0.4, 0.5) is 23.8 Å². The van der Waals surface area contributed by atoms with Crippen LogP contribution in [0.1, 0.15) is 35.2 Å². The molecule has 4 aromatic rings. The molecule has 9 nitrogen and oxygen atoms in total. The maximum Gasteiger partial charge on any atom is 0.393 e. The molecular weight excluding hydrogens is 581 g/mol. The first kappa shape index (κ1) is 29.3. The number of carbonyl (C=O) groups excluding carboxylic acids is 1. The summed E-state index contributed by atoms with van der Waals surface area (Å²) in [4.78, 5) is 24.9. The second-order valence-electron chi connectivity index (χ2n) is 13.0. The van der Waals surface area contributed by atoms with E-state index in [-0.39, 0.29) is 22.9 Å². The number of alkyl halides is 3. The zero-order valence-corrected chi connectivity index (χ0v) is 25.1. The number of hydrogen-bond donors (Lipinski definition) is 2. The summed E-state index contributed by atoms with van der Waals surface area (Å²) in [6, 6.07) is 13.2. The van der Waals surface area contributed by atoms with Crippen molar-refractivity contribution < 1.29 is 18.0 Å². The van der Waals surface area contributed by atoms with Gasteiger partial charge in [0.15, 0.2) is 0 Å². The van der Waals surface area contributed by atoms with Crippen molar-refractivity contribution in [3.05, 3.63) is 65.1 Å². The number of aromatic nitrogens is 3. The van der Waals surface area contributed by atoms with E-state index in [0.717, 1.165) is 56.5 Å². The molecule has 5 heterocycles. The van der Waals surface area contributed by atoms with E-state index in [1.54, 1.807) is 12.1 Å². The Kier molecular flexibility index (Phi) is 7.31. The van der Waals surface area contributed by atoms with Crippen LogP contribution < -0.4 is 15.5 Å². The largest absolute Gasteiger partial charge is 0.393 e. The van der Waals surface area contributed by atoms with Gasteiger partial charge in [0.05, 0.1) is 11.9 Å². The zero-order valence-electron chi connectivity index (χ0n) is 25.1. The number of carbonyl (C=O) groups is 1. The van der Waals surface area contributed by atoms with Crippen LogP contribution in [0.25, 0.3) is 21.8 Å². The molecule has 2 N–H and O–H groups in total. The number of amides is 2. The minimum absolute atomic E-state index is 0.149. The van der Waals surface area contributed by atoms with Crippen molar-refractivity contribution in [3.8, 4) is 6.07 Å². The quantitative estimate of drug-likeness (QED) is 0.320. The molecule has 2 aromatic carbocycles. The van der Waals surface area contributed by atoms with Gasteiger partial charge in [-0.25, -0.2) is 14.8 Å². The molecule has 3 saturated heterocycles. The zero-order chi connectivity index (χ0) is 31.3. The molecule has 2 aromatic heterocycles. The third kappa shape index (κ3) is 5.77. The molecule has 3 aliphatic heterocycles. The number of urea groups is 1. The van der Waals surface area contributed by atoms with Crippen LogP contribution >= 0.6 is 0 Å². The molecule has 7 rings (SSSR count). The van der Waals surface area contributed by atoms with Gasteiger partial charge in [-0.2, -0.15) is 18.4 Å². The van der Waals surface area contributed by atoms with E-state index in [4.69, 9.17) is 0 Å². The smallest absolute Gasteiger partial charge is 0.355 e. The van der Waals surface area contributed by atoms with Crippen molar-refractivity contribution in [1.29, 1.82) is 5.26 Å². The van der Waals surface area contributed by atoms with Crippen molar-refractivity contribution in [2.45, 2.75) is 45.5 Å². The summed E-state index contributed by atoms with van der Waals surface area (Å²) in [5, 5.41) is 17.3. The minimum atomic E-state index is -4.26. The van der Waals surface area contributed by atoms with Crippen molar-refractivity contribution in [1.82, 2.24) is 30.1 Å². The maximum absolute atomic E-state index is 13.0. The Balaban J connectivity index is 1.00. The van der Waals surface area contributed by atoms with Gasteiger partial charge < -0.3 is 20.1 Å². The number of halogens is 3. The Morgan fingerprint density at radius 3 is 2.51 bits per heavy atom. The normalized spacial score (nSPS) is 19.0. The second-order valence-corrected chi connectivity index (χ2v) is 13.0. The summed E-state index contributed by atoms with van der Waals surface area (Å²) in [5.74, 6) is 0.919. The third-order valence-electron chi connectivity index (χ3n) is 9.87. The van der Waals surface area contributed by atoms with Crippen LogP contribution in [0.3, 0.4) is 0 Å². The Morgan fingerprint density at radius 1 is 1.04 bits per heavy atom. The van der Waals surface area contributed by atoms with E-state index < -0.39 is 12.6 Å². The van der Waals surface area contributed by atoms with E-state index in [9.17, 15) is 23.2 Å². The van der Waals surface area contributed by atoms with Gasteiger partial charge in [0.25, 0.3) is 0 Å². The lowest BCUT2D eigenvalue weighted by molar-refractivity contribution is -0.127. The standard InChI is InChI=1S/C33H35F3N8O/c1-21-24(3-5-29-26(21)11-25(13-37)44(29)16-23-14-38-31(45)39-15-23)17-42-8-6-32(7-9-42)18-43(19-32)30-27-10-22(12-33(34,35)36)2-4-28(27)40-20-41-30/h2-5,10-11,20,23H,6-9,12,14-19H2,1H3,(H2,38,39,45). The first-order valence-electron chi connectivity index (χ1n) is 15.4. The number of rotatable bonds is 6. The molecule has 12 heteroatoms. The number of piperidine rings is 1. The molecular formula is C33H35F3N8O. The third-order valence-corrected chi connectivity index (χ3v) is 9.87. The molecule has 0 unspecified atom stereocenters. The molecule has 234 valence electrons. The summed E-state index contributed by atoms with van der Waals surface area (Å²) in [7, 11) is 0. The summed E-state index contributed by atoms with van der Waals surface area (Å²) in [6.07, 6.45) is -1.63. The number of nitrogens with one attached hydrogen (secondary N) is 2. The summed E-state index contributed by atoms with van der Waals surface area (Å²) in [6.45, 7) is 8.41. The van der Waals surface area contributed by atoms with Gasteiger partial charge in [0.2, 0.25) is 0 Å². The van der Waals surface area contributed by atoms with Gasteiger partial charge in [-0.1, -0.05) is 12.1 Å². The lowest BCUT2D eigenvalue weighted by atomic mass is 9.72. The van der Waals surface area contributed by atoms with E-state index in [1.165, 1.54) is 23.5 Å². The van der Waals surface area contributed by atoms with Gasteiger partial charge in [0.1, 0.15) is 23.9 Å². The van der Waals surface area contributed by atoms with Crippen LogP contribution in [-0.4, -0.2) is 70.9 Å². The molecule has 0 saturated carbocycles. The topological polar surface area (TPSA) is 102 Å². The molecule has 3 fully saturated rings. The van der Waals surface area contributed by atoms with Crippen LogP contribution in [0.2, 0.25) is 0 Å². The number of likely N-dealkylation sites (tertiary alicyclic amines) is 1. The highest BCUT2D eigenvalue weighted by molar-refractivity contribution is 5.90. The SMILES string of the molecule is Cc1c(CN2CCC3(CC2)CN(c2ncnc4ccc(CC(F)(F)F)cc24)C3)ccc2c1cc(C#N)n2CC1CNC(=O)NC1. The fourth-order valence-electron chi connectivity index (χ4n) is 7.32. The Morgan fingerprint density at radius 2 is 1.80 bits per heavy atom. The number of fused-ring (bicyclic) bond motifs is 2. The van der Waals surface area contributed by atoms with Gasteiger partial charge >= 0.3 is 12.2 Å². The Labute approximate surface area is 259 Å². The fraction of sp³-hybridized carbons (Fsp3) is 0.455. The molecule has 0 radical (unpaired) electrons. The predicted molar refractivity (Wildman–Crippen MR) is 165 cm³/mol. The molecule has 1 spiro atoms. The lowest BCUT2D eigenvalue weighted by Crippen LogP contribution is -2.60. The molecule has 0 bridgehead atoms. The summed E-state index contributed by atoms with van der Waals surface area (Å²) in [5.41, 5.74) is 5.18. The maximum atomic E-state index is 13.0. The summed E-state index contributed by atoms with van der Waals surface area (Å²) >= 11 is 0. The molecule has 0 aliphatic carbocycles. The van der Waals surface area contributed by atoms with Crippen LogP contribution in [0.5, 0.6) is 0 Å². The average molecular weight is 617 g/mol. The molecule has 0 atom stereocenters. The number of aryl methyl sites for hydroxylation is 1. The van der Waals surface area contributed by atoms with Crippen molar-refractivity contribution in [2.24, 2.45) is 11.3 Å². The Bertz CT molecular complexity index is 1800. The van der Waals surface area contributed by atoms with Gasteiger partial charge in [-0.05, 0) is 73.8 Å². The first-order valence-corrected chi connectivity index (χ1v) is 15.4. The number of hydrogen-bond acceptors (Lipinski definition) is 6. The molecule has 45 heavy (non-hydrogen) atoms. The highest BCUT2D eigenvalue weighted by Gasteiger charge is 2.45. The van der Waals surface area contributed by atoms with Crippen molar-refractivity contribution in [3.63, 3.8) is 0 Å². The van der Waals surface area contributed by atoms with Crippen LogP contribution in [-0.2, 0) is 19.5 Å². The van der Waals surface area contributed by atoms with Crippen molar-refractivity contribution in [2.75, 3.05) is 44.2 Å². The number of nitrogens with zero attached hydrogens (tertiary/aromatic N) is 6. The highest BCUT2D eigenvalue weighted by atomic mass is 19.4. The Hall–Kier alpha value is -4.37. The second kappa shape index (κ2) is 11.2. The number of benzene rings is 2. The summed E-state index contributed by atoms with van der Waals surface area (Å²) < 4.78 is 41.2. The minimum Gasteiger partial charge on any atom is -0.355 e. The fourth-order valence-corrected chi connectivity index (χ4v) is 7.32. The lowest BCUT2D eigenvalue weighted by Gasteiger charge is -2.54. The first-order chi connectivity index (χ1) is 21.6. The molecule has 3 aliphatic rings. The van der Waals surface area contributed by atoms with Crippen molar-refractivity contribution >= 4 is 33.7 Å². The number of anilines is 1. The van der Waals surface area contributed by atoms with E-state index in [0.29, 0.717) is 42.0 Å². The monoisotopic (exact) mass is 616 g/mol. The van der Waals surface area contributed by atoms with E-state index in [1.807, 2.05) is 6.07 Å². The highest BCUT2D eigenvalue weighted by Crippen LogP contribution is 2.44. The van der Waals surface area contributed by atoms with E-state index >= 15 is 0 Å². The average Bonchev–Trinajstić information content (AvgIpc) is 3.36. The van der Waals surface area contributed by atoms with Gasteiger partial charge in [-0.3, -0.25) is 4.90 Å². The van der Waals surface area contributed by atoms with Gasteiger partial charge in [-0.15, -0.1) is 0 Å². The van der Waals surface area contributed by atoms with Crippen LogP contribution in [0, 0.1) is 29.6 Å². The predicted octanol–water partition coefficient (Wildman–Crippen LogP) is 4.90.